The van der Waals surface area contributed by atoms with Crippen molar-refractivity contribution in [2.75, 3.05) is 16.6 Å². The van der Waals surface area contributed by atoms with Crippen LogP contribution in [0.4, 0.5) is 22.7 Å². The van der Waals surface area contributed by atoms with Crippen molar-refractivity contribution in [3.8, 4) is 5.75 Å². The zero-order chi connectivity index (χ0) is 24.3. The summed E-state index contributed by atoms with van der Waals surface area (Å²) in [6.07, 6.45) is 0. The summed E-state index contributed by atoms with van der Waals surface area (Å²) in [5.41, 5.74) is 8.04. The van der Waals surface area contributed by atoms with Crippen molar-refractivity contribution in [3.05, 3.63) is 89.8 Å². The fraction of sp³-hybridized carbons (Fsp3) is 0. The number of rotatable bonds is 6. The van der Waals surface area contributed by atoms with Crippen LogP contribution in [-0.4, -0.2) is 23.0 Å². The van der Waals surface area contributed by atoms with Gasteiger partial charge in [0.25, 0.3) is 15.8 Å². The van der Waals surface area contributed by atoms with Crippen LogP contribution < -0.4 is 38.2 Å². The highest BCUT2D eigenvalue weighted by atomic mass is 32.2. The number of nitrogens with zero attached hydrogens (tertiary/aromatic N) is 3. The van der Waals surface area contributed by atoms with Gasteiger partial charge in [0.15, 0.2) is 5.36 Å². The first-order chi connectivity index (χ1) is 15.5. The topological polar surface area (TPSA) is 227 Å². The lowest BCUT2D eigenvalue weighted by Crippen LogP contribution is -2.47. The summed E-state index contributed by atoms with van der Waals surface area (Å²) in [4.78, 5) is 34.2. The van der Waals surface area contributed by atoms with E-state index < -0.39 is 41.9 Å². The summed E-state index contributed by atoms with van der Waals surface area (Å²) < 4.78 is 31.6. The van der Waals surface area contributed by atoms with E-state index in [0.29, 0.717) is 0 Å². The highest BCUT2D eigenvalue weighted by molar-refractivity contribution is 7.85. The summed E-state index contributed by atoms with van der Waals surface area (Å²) in [6.45, 7) is 0. The minimum atomic E-state index is -4.56. The number of nitrogens with one attached hydrogen (secondary N) is 2. The average molecular weight is 474 g/mol. The lowest BCUT2D eigenvalue weighted by molar-refractivity contribution is -0.383. The van der Waals surface area contributed by atoms with Crippen molar-refractivity contribution in [2.45, 2.75) is 4.90 Å². The molecule has 15 heteroatoms. The number of nitrogens with two attached hydrogens (primary N) is 1. The largest absolute Gasteiger partial charge is 0.506 e. The minimum Gasteiger partial charge on any atom is -0.506 e. The fourth-order valence-electron chi connectivity index (χ4n) is 2.53. The molecule has 170 valence electrons. The van der Waals surface area contributed by atoms with E-state index in [1.807, 2.05) is 0 Å². The average Bonchev–Trinajstić information content (AvgIpc) is 2.73. The third-order valence-corrected chi connectivity index (χ3v) is 5.01. The van der Waals surface area contributed by atoms with Crippen molar-refractivity contribution in [3.63, 3.8) is 0 Å². The summed E-state index contributed by atoms with van der Waals surface area (Å²) in [7, 11) is -4.56. The number of hydrogen-bond acceptors (Lipinski definition) is 12. The molecule has 0 saturated heterocycles. The molecule has 14 nitrogen and oxygen atoms in total. The molecule has 0 fully saturated rings. The van der Waals surface area contributed by atoms with Gasteiger partial charge >= 0.3 is 0 Å². The smallest absolute Gasteiger partial charge is 0.294 e. The Balaban J connectivity index is 1.97. The molecule has 0 amide bonds. The Morgan fingerprint density at radius 2 is 1.73 bits per heavy atom. The van der Waals surface area contributed by atoms with Crippen LogP contribution in [0.1, 0.15) is 0 Å². The molecule has 0 spiro atoms. The molecule has 0 aliphatic rings. The van der Waals surface area contributed by atoms with Crippen molar-refractivity contribution in [2.24, 2.45) is 10.2 Å². The first-order valence-electron chi connectivity index (χ1n) is 8.76. The summed E-state index contributed by atoms with van der Waals surface area (Å²) in [5, 5.41) is 27.2. The molecule has 3 rings (SSSR count). The quantitative estimate of drug-likeness (QED) is 0.101. The summed E-state index contributed by atoms with van der Waals surface area (Å²) in [5.74, 6) is -0.429. The maximum atomic E-state index is 12.6. The van der Waals surface area contributed by atoms with Crippen molar-refractivity contribution in [1.29, 1.82) is 0 Å². The highest BCUT2D eigenvalue weighted by Gasteiger charge is 2.13. The van der Waals surface area contributed by atoms with Crippen LogP contribution in [0.5, 0.6) is 5.75 Å². The van der Waals surface area contributed by atoms with Crippen molar-refractivity contribution in [1.82, 2.24) is 0 Å². The molecule has 0 saturated carbocycles. The number of nitrogen functional groups attached to an aromatic ring is 1. The van der Waals surface area contributed by atoms with E-state index in [9.17, 15) is 33.2 Å². The van der Waals surface area contributed by atoms with Gasteiger partial charge in [-0.15, -0.1) is 0 Å². The van der Waals surface area contributed by atoms with Gasteiger partial charge in [-0.1, -0.05) is 0 Å². The van der Waals surface area contributed by atoms with Gasteiger partial charge in [-0.05, 0) is 42.5 Å². The second kappa shape index (κ2) is 8.85. The molecule has 0 heterocycles. The Labute approximate surface area is 183 Å². The predicted octanol–water partition coefficient (Wildman–Crippen LogP) is -0.419. The highest BCUT2D eigenvalue weighted by Crippen LogP contribution is 2.26. The number of phenols is 1. The molecule has 3 aromatic carbocycles. The van der Waals surface area contributed by atoms with E-state index in [0.717, 1.165) is 36.4 Å². The maximum Gasteiger partial charge on any atom is 0.294 e. The van der Waals surface area contributed by atoms with E-state index in [2.05, 4.69) is 21.1 Å². The third-order valence-electron chi connectivity index (χ3n) is 4.16. The zero-order valence-electron chi connectivity index (χ0n) is 16.3. The minimum absolute atomic E-state index is 0.162. The lowest BCUT2D eigenvalue weighted by Gasteiger charge is -2.05. The van der Waals surface area contributed by atoms with Gasteiger partial charge in [-0.2, -0.15) is 18.6 Å². The molecule has 0 aliphatic carbocycles. The monoisotopic (exact) mass is 474 g/mol. The van der Waals surface area contributed by atoms with E-state index in [-0.39, 0.29) is 28.1 Å². The number of benzene rings is 3. The SMILES string of the molecule is Nc1cc(NN=c2c(=O)ccc(=NNc3cc(S(=O)(=O)O)ccc3O)c2=O)ccc1[N+](=O)[O-]. The Morgan fingerprint density at radius 3 is 2.36 bits per heavy atom. The first kappa shape index (κ1) is 23.0. The van der Waals surface area contributed by atoms with Gasteiger partial charge in [-0.3, -0.25) is 35.1 Å². The van der Waals surface area contributed by atoms with Gasteiger partial charge in [0.1, 0.15) is 16.8 Å². The van der Waals surface area contributed by atoms with Crippen LogP contribution >= 0.6 is 0 Å². The van der Waals surface area contributed by atoms with Gasteiger partial charge in [-0.25, -0.2) is 0 Å². The number of hydrogen-bond donors (Lipinski definition) is 5. The molecule has 0 bridgehead atoms. The van der Waals surface area contributed by atoms with Gasteiger partial charge < -0.3 is 10.8 Å². The zero-order valence-corrected chi connectivity index (χ0v) is 17.1. The molecule has 3 aromatic rings. The molecule has 0 unspecified atom stereocenters. The number of anilines is 3. The number of nitro groups is 1. The Kier molecular flexibility index (Phi) is 6.18. The molecule has 0 aliphatic heterocycles. The van der Waals surface area contributed by atoms with Crippen molar-refractivity contribution >= 4 is 32.9 Å². The van der Waals surface area contributed by atoms with E-state index >= 15 is 0 Å². The van der Waals surface area contributed by atoms with Gasteiger partial charge in [0, 0.05) is 6.07 Å². The predicted molar refractivity (Wildman–Crippen MR) is 115 cm³/mol. The second-order valence-corrected chi connectivity index (χ2v) is 7.81. The second-order valence-electron chi connectivity index (χ2n) is 6.39. The Hall–Kier alpha value is -4.63. The third kappa shape index (κ3) is 5.17. The summed E-state index contributed by atoms with van der Waals surface area (Å²) >= 11 is 0. The number of nitro benzene ring substituents is 1. The lowest BCUT2D eigenvalue weighted by atomic mass is 10.2. The Bertz CT molecular complexity index is 1590. The van der Waals surface area contributed by atoms with E-state index in [1.54, 1.807) is 0 Å². The summed E-state index contributed by atoms with van der Waals surface area (Å²) in [6, 6.07) is 8.48. The molecule has 6 N–H and O–H groups in total. The van der Waals surface area contributed by atoms with Gasteiger partial charge in [0.2, 0.25) is 10.9 Å². The van der Waals surface area contributed by atoms with Crippen LogP contribution in [-0.2, 0) is 10.1 Å². The normalized spacial score (nSPS) is 12.5. The molecule has 33 heavy (non-hydrogen) atoms. The van der Waals surface area contributed by atoms with E-state index in [1.165, 1.54) is 12.1 Å². The van der Waals surface area contributed by atoms with Crippen LogP contribution in [0.3, 0.4) is 0 Å². The number of phenolic OH excluding ortho intramolecular Hbond substituents is 1. The molecular formula is C18H14N6O8S. The maximum absolute atomic E-state index is 12.6. The number of aromatic hydroxyl groups is 1. The molecule has 0 radical (unpaired) electrons. The van der Waals surface area contributed by atoms with Gasteiger partial charge in [0.05, 0.1) is 21.2 Å². The Morgan fingerprint density at radius 1 is 1.00 bits per heavy atom. The molecular weight excluding hydrogens is 460 g/mol. The molecule has 0 atom stereocenters. The van der Waals surface area contributed by atoms with Crippen LogP contribution in [0.15, 0.2) is 73.2 Å². The van der Waals surface area contributed by atoms with Crippen molar-refractivity contribution < 1.29 is 23.0 Å². The van der Waals surface area contributed by atoms with Crippen LogP contribution in [0.2, 0.25) is 0 Å². The van der Waals surface area contributed by atoms with Crippen LogP contribution in [0.25, 0.3) is 0 Å². The van der Waals surface area contributed by atoms with Crippen LogP contribution in [0, 0.1) is 10.1 Å². The first-order valence-corrected chi connectivity index (χ1v) is 10.2. The molecule has 0 aromatic heterocycles. The van der Waals surface area contributed by atoms with E-state index in [4.69, 9.17) is 10.3 Å². The standard InChI is InChI=1S/C18H14N6O8S/c19-11-7-9(1-4-14(11)24(28)29)20-23-17-16(26)6-3-12(18(17)27)21-22-13-8-10(33(30,31)32)2-5-15(13)25/h1-8,20,22,25H,19H2,(H,30,31,32). The fourth-order valence-corrected chi connectivity index (χ4v) is 3.04.